The molecule has 1 aliphatic heterocycles. The molecule has 14 rings (SSSR count). The third-order valence-corrected chi connectivity index (χ3v) is 15.8. The van der Waals surface area contributed by atoms with E-state index in [4.69, 9.17) is 19.4 Å². The summed E-state index contributed by atoms with van der Waals surface area (Å²) in [4.78, 5) is 18.9. The number of nitrogens with zero attached hydrogens (tertiary/aromatic N) is 4. The van der Waals surface area contributed by atoms with Crippen LogP contribution < -0.4 is 4.90 Å². The molecule has 0 saturated heterocycles. The van der Waals surface area contributed by atoms with E-state index in [2.05, 4.69) is 218 Å². The molecule has 336 valence electrons. The zero-order valence-electron chi connectivity index (χ0n) is 39.1. The quantitative estimate of drug-likeness (QED) is 0.166. The molecule has 3 unspecified atom stereocenters. The van der Waals surface area contributed by atoms with Gasteiger partial charge in [0.15, 0.2) is 17.5 Å². The Hall–Kier alpha value is -8.15. The lowest BCUT2D eigenvalue weighted by Crippen LogP contribution is -2.29. The van der Waals surface area contributed by atoms with Gasteiger partial charge in [0, 0.05) is 50.5 Å². The highest BCUT2D eigenvalue weighted by atomic mass is 16.3. The molecule has 2 aromatic heterocycles. The van der Waals surface area contributed by atoms with Gasteiger partial charge in [-0.25, -0.2) is 15.0 Å². The number of rotatable bonds is 6. The molecular weight excluding hydrogens is 853 g/mol. The molecule has 4 aliphatic carbocycles. The van der Waals surface area contributed by atoms with E-state index < -0.39 is 0 Å². The molecule has 0 N–H and O–H groups in total. The maximum atomic E-state index is 6.92. The van der Waals surface area contributed by atoms with E-state index in [1.165, 1.54) is 55.4 Å². The number of benzene rings is 7. The van der Waals surface area contributed by atoms with Gasteiger partial charge in [-0.1, -0.05) is 170 Å². The zero-order chi connectivity index (χ0) is 46.3. The normalized spacial score (nSPS) is 21.2. The van der Waals surface area contributed by atoms with Gasteiger partial charge < -0.3 is 9.32 Å². The number of aryl methyl sites for hydroxylation is 1. The minimum Gasteiger partial charge on any atom is -0.455 e. The summed E-state index contributed by atoms with van der Waals surface area (Å²) in [6.07, 6.45) is 25.6. The number of allylic oxidation sites excluding steroid dienone is 10. The van der Waals surface area contributed by atoms with Crippen LogP contribution in [0.3, 0.4) is 0 Å². The second kappa shape index (κ2) is 16.2. The van der Waals surface area contributed by atoms with Crippen molar-refractivity contribution in [2.45, 2.75) is 62.3 Å². The fourth-order valence-electron chi connectivity index (χ4n) is 12.2. The highest BCUT2D eigenvalue weighted by Gasteiger charge is 2.39. The number of aromatic nitrogens is 3. The Bertz CT molecular complexity index is 3790. The Morgan fingerprint density at radius 3 is 2.31 bits per heavy atom. The lowest BCUT2D eigenvalue weighted by atomic mass is 9.77. The van der Waals surface area contributed by atoms with E-state index in [0.29, 0.717) is 17.5 Å². The first-order chi connectivity index (χ1) is 34.5. The maximum Gasteiger partial charge on any atom is 0.167 e. The molecular formula is C65H50N4O. The molecule has 9 aromatic rings. The molecule has 3 heterocycles. The van der Waals surface area contributed by atoms with Crippen molar-refractivity contribution in [2.75, 3.05) is 4.90 Å². The van der Waals surface area contributed by atoms with Gasteiger partial charge in [0.25, 0.3) is 0 Å². The van der Waals surface area contributed by atoms with Gasteiger partial charge in [-0.2, -0.15) is 0 Å². The van der Waals surface area contributed by atoms with E-state index >= 15 is 0 Å². The van der Waals surface area contributed by atoms with Gasteiger partial charge in [-0.15, -0.1) is 0 Å². The Morgan fingerprint density at radius 2 is 1.44 bits per heavy atom. The van der Waals surface area contributed by atoms with Crippen LogP contribution in [-0.2, 0) is 11.8 Å². The number of hydrogen-bond acceptors (Lipinski definition) is 5. The first kappa shape index (κ1) is 40.9. The summed E-state index contributed by atoms with van der Waals surface area (Å²) in [7, 11) is 0. The highest BCUT2D eigenvalue weighted by Crippen LogP contribution is 2.50. The van der Waals surface area contributed by atoms with Gasteiger partial charge in [0.05, 0.1) is 11.6 Å². The average Bonchev–Trinajstić information content (AvgIpc) is 3.91. The van der Waals surface area contributed by atoms with E-state index in [1.54, 1.807) is 0 Å². The molecule has 0 fully saturated rings. The van der Waals surface area contributed by atoms with Gasteiger partial charge in [-0.3, -0.25) is 0 Å². The van der Waals surface area contributed by atoms with Gasteiger partial charge in [0.1, 0.15) is 11.2 Å². The Balaban J connectivity index is 0.959. The number of hydrogen-bond donors (Lipinski definition) is 0. The molecule has 0 amide bonds. The first-order valence-electron chi connectivity index (χ1n) is 25.0. The average molecular weight is 903 g/mol. The van der Waals surface area contributed by atoms with Crippen molar-refractivity contribution < 1.29 is 4.42 Å². The van der Waals surface area contributed by atoms with Crippen molar-refractivity contribution in [1.82, 2.24) is 15.0 Å². The molecule has 4 atom stereocenters. The number of anilines is 2. The first-order valence-corrected chi connectivity index (χ1v) is 25.0. The third kappa shape index (κ3) is 6.70. The number of para-hydroxylation sites is 3. The smallest absolute Gasteiger partial charge is 0.167 e. The highest BCUT2D eigenvalue weighted by molar-refractivity contribution is 6.09. The van der Waals surface area contributed by atoms with Crippen LogP contribution in [0, 0.1) is 0 Å². The van der Waals surface area contributed by atoms with Crippen molar-refractivity contribution in [1.29, 1.82) is 0 Å². The summed E-state index contributed by atoms with van der Waals surface area (Å²) >= 11 is 0. The van der Waals surface area contributed by atoms with Crippen molar-refractivity contribution >= 4 is 55.2 Å². The second-order valence-corrected chi connectivity index (χ2v) is 19.9. The zero-order valence-corrected chi connectivity index (χ0v) is 39.1. The Labute approximate surface area is 408 Å². The molecule has 0 radical (unpaired) electrons. The summed E-state index contributed by atoms with van der Waals surface area (Å²) in [5.41, 5.74) is 16.3. The van der Waals surface area contributed by atoms with E-state index in [1.807, 2.05) is 0 Å². The summed E-state index contributed by atoms with van der Waals surface area (Å²) in [6, 6.07) is 55.3. The van der Waals surface area contributed by atoms with E-state index in [9.17, 15) is 0 Å². The predicted molar refractivity (Wildman–Crippen MR) is 287 cm³/mol. The van der Waals surface area contributed by atoms with Crippen molar-refractivity contribution in [3.8, 4) is 22.8 Å². The molecule has 7 aromatic carbocycles. The maximum absolute atomic E-state index is 6.92. The largest absolute Gasteiger partial charge is 0.455 e. The second-order valence-electron chi connectivity index (χ2n) is 19.9. The molecule has 0 bridgehead atoms. The van der Waals surface area contributed by atoms with Gasteiger partial charge in [-0.05, 0) is 125 Å². The summed E-state index contributed by atoms with van der Waals surface area (Å²) in [6.45, 7) is 2.31. The number of furan rings is 1. The standard InChI is InChI=1S/C65H50N4O/c1-65(34-14-3-15-35-65)47-30-26-41(27-31-47)62-66-63(45-29-33-53-52-22-10-12-24-58(52)69(59(53)40-45)48-18-4-2-5-19-48)68-64(67-62)57-39-46(38-56-54-23-11-13-25-60(54)70-61(56)57)49-32-28-44-36-42-16-6-7-17-43(42)37-55(44)51-21-9-8-20-50(49)51/h2-7,9-19,21-27,29-31,33-34,36-40,49,53,59H,8,20,28,32,35H2,1H3/t49-,53?,59?,65?/m0/s1. The van der Waals surface area contributed by atoms with E-state index in [0.717, 1.165) is 76.4 Å². The van der Waals surface area contributed by atoms with Crippen molar-refractivity contribution in [2.24, 2.45) is 0 Å². The monoisotopic (exact) mass is 902 g/mol. The summed E-state index contributed by atoms with van der Waals surface area (Å²) < 4.78 is 6.92. The molecule has 0 spiro atoms. The van der Waals surface area contributed by atoms with E-state index in [-0.39, 0.29) is 23.3 Å². The fraction of sp³-hybridized carbons (Fsp3) is 0.154. The van der Waals surface area contributed by atoms with Crippen LogP contribution in [0.1, 0.15) is 78.1 Å². The topological polar surface area (TPSA) is 55.1 Å². The lowest BCUT2D eigenvalue weighted by molar-refractivity contribution is 0.600. The Kier molecular flexibility index (Phi) is 9.48. The minimum absolute atomic E-state index is 0.0375. The lowest BCUT2D eigenvalue weighted by Gasteiger charge is -2.29. The molecule has 5 aliphatic rings. The van der Waals surface area contributed by atoms with Crippen LogP contribution in [-0.4, -0.2) is 21.0 Å². The minimum atomic E-state index is -0.0793. The summed E-state index contributed by atoms with van der Waals surface area (Å²) in [5.74, 6) is 2.26. The summed E-state index contributed by atoms with van der Waals surface area (Å²) in [5, 5.41) is 4.77. The van der Waals surface area contributed by atoms with Crippen LogP contribution >= 0.6 is 0 Å². The fourth-order valence-corrected chi connectivity index (χ4v) is 12.2. The van der Waals surface area contributed by atoms with Crippen LogP contribution in [0.5, 0.6) is 0 Å². The van der Waals surface area contributed by atoms with Crippen molar-refractivity contribution in [3.05, 3.63) is 246 Å². The molecule has 70 heavy (non-hydrogen) atoms. The predicted octanol–water partition coefficient (Wildman–Crippen LogP) is 16.1. The van der Waals surface area contributed by atoms with Crippen LogP contribution in [0.2, 0.25) is 0 Å². The Morgan fingerprint density at radius 1 is 0.657 bits per heavy atom. The van der Waals surface area contributed by atoms with Crippen LogP contribution in [0.4, 0.5) is 11.4 Å². The van der Waals surface area contributed by atoms with Gasteiger partial charge >= 0.3 is 0 Å². The number of fused-ring (bicyclic) bond motifs is 9. The van der Waals surface area contributed by atoms with Gasteiger partial charge in [0.2, 0.25) is 0 Å². The molecule has 5 heteroatoms. The van der Waals surface area contributed by atoms with Crippen LogP contribution in [0.25, 0.3) is 66.6 Å². The third-order valence-electron chi connectivity index (χ3n) is 15.8. The van der Waals surface area contributed by atoms with Crippen molar-refractivity contribution in [3.63, 3.8) is 0 Å². The molecule has 5 nitrogen and oxygen atoms in total. The molecule has 0 saturated carbocycles. The van der Waals surface area contributed by atoms with Crippen LogP contribution in [0.15, 0.2) is 216 Å². The SMILES string of the molecule is CC1(c2ccc(-c3nc(C4=CC5C(C=C4)c4ccccc4N5c4ccccc4)nc(-c4cc([C@@H]5CCc6cc7ccccc7cc6C6=C5CCC=C6)cc5c4oc4ccccc45)n3)cc2)C=CC=CC1.